The number of carbonyl (C=O) groups is 1. The number of hydrogen-bond donors (Lipinski definition) is 1. The number of aromatic nitrogens is 2. The second-order valence-electron chi connectivity index (χ2n) is 6.07. The summed E-state index contributed by atoms with van der Waals surface area (Å²) in [6, 6.07) is 1.82. The third-order valence-electron chi connectivity index (χ3n) is 4.25. The maximum atomic E-state index is 12.4. The van der Waals surface area contributed by atoms with Crippen LogP contribution in [0.3, 0.4) is 0 Å². The Morgan fingerprint density at radius 1 is 1.48 bits per heavy atom. The van der Waals surface area contributed by atoms with Gasteiger partial charge in [0.25, 0.3) is 5.91 Å². The van der Waals surface area contributed by atoms with Crippen molar-refractivity contribution in [2.45, 2.75) is 52.0 Å². The van der Waals surface area contributed by atoms with Crippen LogP contribution in [0.15, 0.2) is 27.7 Å². The number of anilines is 1. The predicted molar refractivity (Wildman–Crippen MR) is 86.8 cm³/mol. The highest BCUT2D eigenvalue weighted by Gasteiger charge is 2.25. The fraction of sp³-hybridized carbons (Fsp3) is 0.471. The van der Waals surface area contributed by atoms with Gasteiger partial charge in [0.05, 0.1) is 11.9 Å². The molecule has 6 heteroatoms. The van der Waals surface area contributed by atoms with Gasteiger partial charge in [0.2, 0.25) is 0 Å². The van der Waals surface area contributed by atoms with E-state index in [0.29, 0.717) is 22.9 Å². The van der Waals surface area contributed by atoms with E-state index in [-0.39, 0.29) is 5.56 Å². The molecular weight excluding hydrogens is 294 g/mol. The molecule has 0 spiro atoms. The Hall–Kier alpha value is -2.37. The molecule has 122 valence electrons. The average molecular weight is 315 g/mol. The third-order valence-corrected chi connectivity index (χ3v) is 4.25. The van der Waals surface area contributed by atoms with E-state index < -0.39 is 11.5 Å². The number of nitrogens with one attached hydrogen (secondary N) is 1. The zero-order chi connectivity index (χ0) is 16.4. The molecule has 0 atom stereocenters. The minimum Gasteiger partial charge on any atom is -0.427 e. The first kappa shape index (κ1) is 15.5. The van der Waals surface area contributed by atoms with Crippen molar-refractivity contribution in [2.24, 2.45) is 0 Å². The Bertz CT molecular complexity index is 772. The van der Waals surface area contributed by atoms with Crippen LogP contribution in [0.1, 0.15) is 60.2 Å². The second-order valence-corrected chi connectivity index (χ2v) is 6.07. The lowest BCUT2D eigenvalue weighted by atomic mass is 9.83. The minimum absolute atomic E-state index is 0.0660. The third kappa shape index (κ3) is 3.21. The monoisotopic (exact) mass is 315 g/mol. The van der Waals surface area contributed by atoms with Crippen molar-refractivity contribution in [1.82, 2.24) is 9.78 Å². The van der Waals surface area contributed by atoms with Gasteiger partial charge < -0.3 is 9.73 Å². The molecule has 6 nitrogen and oxygen atoms in total. The lowest BCUT2D eigenvalue weighted by molar-refractivity contribution is 0.102. The SMILES string of the molecule is CCCn1cc(NC(=O)c2c(C)cc(C3CCC3)oc2=O)cn1. The molecule has 1 aliphatic carbocycles. The predicted octanol–water partition coefficient (Wildman–Crippen LogP) is 3.07. The molecule has 1 saturated carbocycles. The fourth-order valence-corrected chi connectivity index (χ4v) is 2.77. The molecule has 0 aliphatic heterocycles. The molecule has 0 radical (unpaired) electrons. The number of nitrogens with zero attached hydrogens (tertiary/aromatic N) is 2. The fourth-order valence-electron chi connectivity index (χ4n) is 2.77. The van der Waals surface area contributed by atoms with Crippen LogP contribution < -0.4 is 10.9 Å². The first-order valence-electron chi connectivity index (χ1n) is 8.07. The van der Waals surface area contributed by atoms with E-state index in [2.05, 4.69) is 17.3 Å². The van der Waals surface area contributed by atoms with Gasteiger partial charge in [-0.1, -0.05) is 13.3 Å². The van der Waals surface area contributed by atoms with Crippen molar-refractivity contribution < 1.29 is 9.21 Å². The molecule has 0 aromatic carbocycles. The molecule has 1 fully saturated rings. The average Bonchev–Trinajstić information content (AvgIpc) is 2.83. The molecule has 2 aromatic heterocycles. The summed E-state index contributed by atoms with van der Waals surface area (Å²) in [6.07, 6.45) is 7.54. The standard InChI is InChI=1S/C17H21N3O3/c1-3-7-20-10-13(9-18-20)19-16(21)15-11(2)8-14(23-17(15)22)12-5-4-6-12/h8-10,12H,3-7H2,1-2H3,(H,19,21). The van der Waals surface area contributed by atoms with E-state index in [1.165, 1.54) is 0 Å². The molecule has 0 unspecified atom stereocenters. The Balaban J connectivity index is 1.79. The highest BCUT2D eigenvalue weighted by atomic mass is 16.4. The van der Waals surface area contributed by atoms with Crippen LogP contribution in [-0.2, 0) is 6.54 Å². The highest BCUT2D eigenvalue weighted by molar-refractivity contribution is 6.04. The van der Waals surface area contributed by atoms with Crippen molar-refractivity contribution in [2.75, 3.05) is 5.32 Å². The van der Waals surface area contributed by atoms with Crippen LogP contribution in [0.4, 0.5) is 5.69 Å². The van der Waals surface area contributed by atoms with Gasteiger partial charge in [-0.05, 0) is 37.8 Å². The van der Waals surface area contributed by atoms with Gasteiger partial charge in [-0.3, -0.25) is 9.48 Å². The topological polar surface area (TPSA) is 77.1 Å². The Morgan fingerprint density at radius 3 is 2.87 bits per heavy atom. The number of hydrogen-bond acceptors (Lipinski definition) is 4. The molecular formula is C17H21N3O3. The Kier molecular flexibility index (Phi) is 4.32. The van der Waals surface area contributed by atoms with Crippen LogP contribution in [-0.4, -0.2) is 15.7 Å². The van der Waals surface area contributed by atoms with Gasteiger partial charge >= 0.3 is 5.63 Å². The van der Waals surface area contributed by atoms with Crippen molar-refractivity contribution in [3.8, 4) is 0 Å². The molecule has 2 aromatic rings. The summed E-state index contributed by atoms with van der Waals surface area (Å²) in [5, 5.41) is 6.87. The van der Waals surface area contributed by atoms with Crippen LogP contribution in [0.25, 0.3) is 0 Å². The van der Waals surface area contributed by atoms with Crippen LogP contribution in [0.5, 0.6) is 0 Å². The van der Waals surface area contributed by atoms with Gasteiger partial charge in [0.1, 0.15) is 11.3 Å². The summed E-state index contributed by atoms with van der Waals surface area (Å²) in [4.78, 5) is 24.6. The quantitative estimate of drug-likeness (QED) is 0.920. The Labute approximate surface area is 134 Å². The normalized spacial score (nSPS) is 14.5. The summed E-state index contributed by atoms with van der Waals surface area (Å²) in [5.41, 5.74) is 0.730. The lowest BCUT2D eigenvalue weighted by Crippen LogP contribution is -2.24. The summed E-state index contributed by atoms with van der Waals surface area (Å²) >= 11 is 0. The zero-order valence-electron chi connectivity index (χ0n) is 13.5. The molecule has 0 bridgehead atoms. The Morgan fingerprint density at radius 2 is 2.26 bits per heavy atom. The number of carbonyl (C=O) groups excluding carboxylic acids is 1. The van der Waals surface area contributed by atoms with Gasteiger partial charge in [-0.25, -0.2) is 4.79 Å². The summed E-state index contributed by atoms with van der Waals surface area (Å²) in [6.45, 7) is 4.61. The summed E-state index contributed by atoms with van der Waals surface area (Å²) in [5.74, 6) is 0.573. The number of aryl methyl sites for hydroxylation is 2. The largest absolute Gasteiger partial charge is 0.427 e. The molecule has 2 heterocycles. The lowest BCUT2D eigenvalue weighted by Gasteiger charge is -2.24. The van der Waals surface area contributed by atoms with Crippen LogP contribution in [0, 0.1) is 6.92 Å². The van der Waals surface area contributed by atoms with Crippen molar-refractivity contribution in [3.05, 3.63) is 45.8 Å². The maximum Gasteiger partial charge on any atom is 0.349 e. The van der Waals surface area contributed by atoms with Crippen LogP contribution >= 0.6 is 0 Å². The zero-order valence-corrected chi connectivity index (χ0v) is 13.5. The highest BCUT2D eigenvalue weighted by Crippen LogP contribution is 2.36. The maximum absolute atomic E-state index is 12.4. The van der Waals surface area contributed by atoms with E-state index in [4.69, 9.17) is 4.42 Å². The van der Waals surface area contributed by atoms with Gasteiger partial charge in [-0.2, -0.15) is 5.10 Å². The minimum atomic E-state index is -0.564. The van der Waals surface area contributed by atoms with Crippen molar-refractivity contribution in [3.63, 3.8) is 0 Å². The van der Waals surface area contributed by atoms with Gasteiger partial charge in [-0.15, -0.1) is 0 Å². The van der Waals surface area contributed by atoms with Gasteiger partial charge in [0, 0.05) is 18.7 Å². The first-order valence-corrected chi connectivity index (χ1v) is 8.07. The molecule has 1 amide bonds. The molecule has 23 heavy (non-hydrogen) atoms. The summed E-state index contributed by atoms with van der Waals surface area (Å²) in [7, 11) is 0. The van der Waals surface area contributed by atoms with Crippen LogP contribution in [0.2, 0.25) is 0 Å². The van der Waals surface area contributed by atoms with E-state index in [1.54, 1.807) is 24.0 Å². The number of amides is 1. The number of rotatable bonds is 5. The molecule has 1 aliphatic rings. The molecule has 1 N–H and O–H groups in total. The second kappa shape index (κ2) is 6.40. The molecule has 0 saturated heterocycles. The van der Waals surface area contributed by atoms with E-state index >= 15 is 0 Å². The smallest absolute Gasteiger partial charge is 0.349 e. The van der Waals surface area contributed by atoms with E-state index in [0.717, 1.165) is 32.2 Å². The van der Waals surface area contributed by atoms with Crippen molar-refractivity contribution in [1.29, 1.82) is 0 Å². The summed E-state index contributed by atoms with van der Waals surface area (Å²) < 4.78 is 7.11. The first-order chi connectivity index (χ1) is 11.1. The van der Waals surface area contributed by atoms with Crippen molar-refractivity contribution >= 4 is 11.6 Å². The van der Waals surface area contributed by atoms with E-state index in [9.17, 15) is 9.59 Å². The van der Waals surface area contributed by atoms with Gasteiger partial charge in [0.15, 0.2) is 0 Å². The van der Waals surface area contributed by atoms with E-state index in [1.807, 2.05) is 6.07 Å². The molecule has 3 rings (SSSR count).